The predicted octanol–water partition coefficient (Wildman–Crippen LogP) is 6.52. The highest BCUT2D eigenvalue weighted by atomic mass is 35.5. The molecule has 5 N–H and O–H groups in total. The summed E-state index contributed by atoms with van der Waals surface area (Å²) in [6.07, 6.45) is 7.65. The SMILES string of the molecule is COc1cc(NC(=O)CCCc2cccc(C3(C(=O)O[C@H]4CN5CCC4CC5)CCCCC3)c2)c(Cl)cc1CNC[C@@H](O)c1ccc(O)c2[nH]c(=O)ccc12. The maximum Gasteiger partial charge on any atom is 0.316 e. The van der Waals surface area contributed by atoms with Crippen LogP contribution in [0.3, 0.4) is 0 Å². The molecule has 1 aliphatic carbocycles. The van der Waals surface area contributed by atoms with Crippen molar-refractivity contribution >= 4 is 40.1 Å². The number of carbonyl (C=O) groups excluding carboxylic acids is 2. The van der Waals surface area contributed by atoms with Crippen LogP contribution in [0.4, 0.5) is 5.69 Å². The molecule has 4 aromatic rings. The number of esters is 1. The number of amides is 1. The molecule has 3 saturated heterocycles. The Labute approximate surface area is 326 Å². The second kappa shape index (κ2) is 17.2. The molecule has 11 nitrogen and oxygen atoms in total. The molecule has 2 bridgehead atoms. The summed E-state index contributed by atoms with van der Waals surface area (Å²) < 4.78 is 12.0. The summed E-state index contributed by atoms with van der Waals surface area (Å²) in [6.45, 7) is 3.56. The van der Waals surface area contributed by atoms with Gasteiger partial charge >= 0.3 is 5.97 Å². The number of anilines is 1. The Morgan fingerprint density at radius 3 is 2.60 bits per heavy atom. The summed E-state index contributed by atoms with van der Waals surface area (Å²) in [4.78, 5) is 43.9. The second-order valence-electron chi connectivity index (χ2n) is 15.4. The zero-order valence-electron chi connectivity index (χ0n) is 31.4. The van der Waals surface area contributed by atoms with Crippen molar-refractivity contribution in [3.63, 3.8) is 0 Å². The second-order valence-corrected chi connectivity index (χ2v) is 15.8. The van der Waals surface area contributed by atoms with E-state index in [1.165, 1.54) is 12.1 Å². The minimum absolute atomic E-state index is 0.00894. The third kappa shape index (κ3) is 8.70. The highest BCUT2D eigenvalue weighted by Gasteiger charge is 2.46. The number of benzene rings is 3. The number of aryl methyl sites for hydroxylation is 1. The number of nitrogens with zero attached hydrogens (tertiary/aromatic N) is 1. The molecule has 1 amide bonds. The Balaban J connectivity index is 0.929. The molecule has 8 rings (SSSR count). The molecule has 55 heavy (non-hydrogen) atoms. The van der Waals surface area contributed by atoms with E-state index < -0.39 is 11.5 Å². The summed E-state index contributed by atoms with van der Waals surface area (Å²) >= 11 is 6.63. The molecular formula is C43H51ClN4O7. The normalized spacial score (nSPS) is 20.9. The molecule has 0 unspecified atom stereocenters. The summed E-state index contributed by atoms with van der Waals surface area (Å²) in [5.74, 6) is 0.697. The fraction of sp³-hybridized carbons (Fsp3) is 0.465. The van der Waals surface area contributed by atoms with Gasteiger partial charge in [-0.2, -0.15) is 0 Å². The number of ether oxygens (including phenoxy) is 2. The molecule has 12 heteroatoms. The molecule has 1 aromatic heterocycles. The lowest BCUT2D eigenvalue weighted by molar-refractivity contribution is -0.167. The van der Waals surface area contributed by atoms with E-state index in [0.29, 0.717) is 52.7 Å². The van der Waals surface area contributed by atoms with Gasteiger partial charge in [-0.3, -0.25) is 19.3 Å². The lowest BCUT2D eigenvalue weighted by Gasteiger charge is -2.45. The van der Waals surface area contributed by atoms with Gasteiger partial charge < -0.3 is 35.3 Å². The topological polar surface area (TPSA) is 153 Å². The number of aromatic nitrogens is 1. The van der Waals surface area contributed by atoms with E-state index in [2.05, 4.69) is 38.7 Å². The number of aliphatic hydroxyl groups excluding tert-OH is 1. The molecular weight excluding hydrogens is 720 g/mol. The van der Waals surface area contributed by atoms with Crippen LogP contribution in [0.1, 0.15) is 86.1 Å². The Morgan fingerprint density at radius 2 is 1.85 bits per heavy atom. The number of hydrogen-bond acceptors (Lipinski definition) is 9. The van der Waals surface area contributed by atoms with Crippen molar-refractivity contribution in [2.45, 2.75) is 88.4 Å². The van der Waals surface area contributed by atoms with Gasteiger partial charge in [0.05, 0.1) is 34.9 Å². The molecule has 4 fully saturated rings. The fourth-order valence-corrected chi connectivity index (χ4v) is 9.01. The van der Waals surface area contributed by atoms with Crippen molar-refractivity contribution in [3.05, 3.63) is 98.3 Å². The van der Waals surface area contributed by atoms with Crippen LogP contribution in [0.5, 0.6) is 11.5 Å². The molecule has 4 aliphatic rings. The number of H-pyrrole nitrogens is 1. The van der Waals surface area contributed by atoms with Gasteiger partial charge in [-0.15, -0.1) is 0 Å². The van der Waals surface area contributed by atoms with Crippen LogP contribution in [0, 0.1) is 5.92 Å². The largest absolute Gasteiger partial charge is 0.506 e. The standard InChI is InChI=1S/C43H51ClN4O7/c1-54-37-23-34(33(44)22-29(37)24-45-25-36(50)31-11-13-35(49)41-32(31)12-14-40(52)47-41)46-39(51)10-6-8-27-7-5-9-30(21-27)43(17-3-2-4-18-43)42(53)55-38-26-48-19-15-28(38)16-20-48/h5,7,9,11-14,21-23,28,36,38,45,49-50H,2-4,6,8,10,15-20,24-26H2,1H3,(H,46,51)(H,47,52)/t36-,38+/m1/s1. The lowest BCUT2D eigenvalue weighted by Crippen LogP contribution is -2.53. The van der Waals surface area contributed by atoms with Gasteiger partial charge in [-0.05, 0) is 92.4 Å². The molecule has 3 aliphatic heterocycles. The van der Waals surface area contributed by atoms with E-state index in [-0.39, 0.29) is 47.8 Å². The average molecular weight is 771 g/mol. The smallest absolute Gasteiger partial charge is 0.316 e. The Kier molecular flexibility index (Phi) is 12.1. The Hall–Kier alpha value is -4.42. The first-order valence-corrected chi connectivity index (χ1v) is 19.9. The van der Waals surface area contributed by atoms with Gasteiger partial charge in [-0.25, -0.2) is 0 Å². The number of pyridine rings is 1. The Bertz CT molecular complexity index is 2070. The molecule has 2 atom stereocenters. The minimum atomic E-state index is -0.929. The van der Waals surface area contributed by atoms with Crippen LogP contribution in [0.2, 0.25) is 5.02 Å². The van der Waals surface area contributed by atoms with Gasteiger partial charge in [0.1, 0.15) is 17.6 Å². The Morgan fingerprint density at radius 1 is 1.05 bits per heavy atom. The summed E-state index contributed by atoms with van der Waals surface area (Å²) in [5.41, 5.74) is 3.18. The number of hydrogen-bond donors (Lipinski definition) is 5. The van der Waals surface area contributed by atoms with Crippen LogP contribution >= 0.6 is 11.6 Å². The first-order valence-electron chi connectivity index (χ1n) is 19.6. The number of halogens is 1. The third-order valence-corrected chi connectivity index (χ3v) is 12.2. The van der Waals surface area contributed by atoms with Crippen molar-refractivity contribution in [1.29, 1.82) is 0 Å². The summed E-state index contributed by atoms with van der Waals surface area (Å²) in [6, 6.07) is 17.7. The average Bonchev–Trinajstić information content (AvgIpc) is 3.20. The first-order chi connectivity index (χ1) is 26.6. The molecule has 0 spiro atoms. The predicted molar refractivity (Wildman–Crippen MR) is 213 cm³/mol. The maximum absolute atomic E-state index is 14.0. The van der Waals surface area contributed by atoms with Crippen molar-refractivity contribution in [1.82, 2.24) is 15.2 Å². The van der Waals surface area contributed by atoms with E-state index >= 15 is 0 Å². The number of phenols is 1. The van der Waals surface area contributed by atoms with Gasteiger partial charge in [0, 0.05) is 49.1 Å². The molecule has 3 aromatic carbocycles. The highest BCUT2D eigenvalue weighted by molar-refractivity contribution is 6.33. The fourth-order valence-electron chi connectivity index (χ4n) is 8.77. The number of methoxy groups -OCH3 is 1. The number of phenolic OH excluding ortho intramolecular Hbond substituents is 1. The third-order valence-electron chi connectivity index (χ3n) is 11.9. The van der Waals surface area contributed by atoms with Crippen molar-refractivity contribution in [2.75, 3.05) is 38.6 Å². The highest BCUT2D eigenvalue weighted by Crippen LogP contribution is 2.42. The maximum atomic E-state index is 14.0. The van der Waals surface area contributed by atoms with Crippen LogP contribution < -0.4 is 20.9 Å². The van der Waals surface area contributed by atoms with Gasteiger partial charge in [0.15, 0.2) is 0 Å². The monoisotopic (exact) mass is 770 g/mol. The minimum Gasteiger partial charge on any atom is -0.506 e. The number of carbonyl (C=O) groups is 2. The van der Waals surface area contributed by atoms with E-state index in [9.17, 15) is 24.6 Å². The van der Waals surface area contributed by atoms with E-state index in [1.54, 1.807) is 31.4 Å². The zero-order chi connectivity index (χ0) is 38.5. The van der Waals surface area contributed by atoms with Gasteiger partial charge in [0.2, 0.25) is 11.5 Å². The number of aromatic amines is 1. The van der Waals surface area contributed by atoms with Crippen LogP contribution in [0.25, 0.3) is 10.9 Å². The number of rotatable bonds is 14. The van der Waals surface area contributed by atoms with Crippen molar-refractivity contribution < 1.29 is 29.3 Å². The zero-order valence-corrected chi connectivity index (χ0v) is 32.1. The van der Waals surface area contributed by atoms with Gasteiger partial charge in [-0.1, -0.05) is 61.2 Å². The van der Waals surface area contributed by atoms with E-state index in [1.807, 2.05) is 6.07 Å². The molecule has 4 heterocycles. The summed E-state index contributed by atoms with van der Waals surface area (Å²) in [5, 5.41) is 28.2. The number of fused-ring (bicyclic) bond motifs is 4. The van der Waals surface area contributed by atoms with E-state index in [4.69, 9.17) is 21.1 Å². The molecule has 292 valence electrons. The van der Waals surface area contributed by atoms with Crippen molar-refractivity contribution in [2.24, 2.45) is 5.92 Å². The number of aliphatic hydroxyl groups is 1. The van der Waals surface area contributed by atoms with Gasteiger partial charge in [0.25, 0.3) is 0 Å². The molecule has 1 saturated carbocycles. The summed E-state index contributed by atoms with van der Waals surface area (Å²) in [7, 11) is 1.54. The van der Waals surface area contributed by atoms with Crippen molar-refractivity contribution in [3.8, 4) is 11.5 Å². The van der Waals surface area contributed by atoms with Crippen LogP contribution in [-0.4, -0.2) is 71.4 Å². The number of aromatic hydroxyl groups is 1. The van der Waals surface area contributed by atoms with Crippen LogP contribution in [0.15, 0.2) is 65.5 Å². The first kappa shape index (κ1) is 38.8. The number of nitrogens with one attached hydrogen (secondary N) is 3. The quantitative estimate of drug-likeness (QED) is 0.0903. The van der Waals surface area contributed by atoms with E-state index in [0.717, 1.165) is 81.3 Å². The lowest BCUT2D eigenvalue weighted by atomic mass is 9.69. The number of piperidine rings is 3. The van der Waals surface area contributed by atoms with Crippen LogP contribution in [-0.2, 0) is 32.7 Å². The molecule has 0 radical (unpaired) electrons.